The molecular formula is C27H23N5. The van der Waals surface area contributed by atoms with Crippen LogP contribution in [0.5, 0.6) is 0 Å². The molecule has 156 valence electrons. The molecule has 5 rings (SSSR count). The Balaban J connectivity index is 1.38. The number of aryl methyl sites for hydroxylation is 2. The minimum absolute atomic E-state index is 0.650. The Morgan fingerprint density at radius 1 is 0.750 bits per heavy atom. The second-order valence-corrected chi connectivity index (χ2v) is 7.86. The number of benzene rings is 1. The number of hydrogen-bond acceptors (Lipinski definition) is 5. The van der Waals surface area contributed by atoms with Crippen LogP contribution in [0.2, 0.25) is 0 Å². The molecule has 32 heavy (non-hydrogen) atoms. The largest absolute Gasteiger partial charge is 0.365 e. The van der Waals surface area contributed by atoms with Crippen molar-refractivity contribution in [2.45, 2.75) is 20.4 Å². The van der Waals surface area contributed by atoms with Crippen molar-refractivity contribution < 1.29 is 0 Å². The fraction of sp³-hybridized carbons (Fsp3) is 0.111. The molecule has 5 nitrogen and oxygen atoms in total. The van der Waals surface area contributed by atoms with Crippen molar-refractivity contribution >= 4 is 16.6 Å². The van der Waals surface area contributed by atoms with Crippen LogP contribution in [0.15, 0.2) is 85.5 Å². The van der Waals surface area contributed by atoms with Crippen molar-refractivity contribution in [3.63, 3.8) is 0 Å². The first-order valence-electron chi connectivity index (χ1n) is 10.6. The van der Waals surface area contributed by atoms with Gasteiger partial charge in [-0.1, -0.05) is 18.2 Å². The Bertz CT molecular complexity index is 1400. The summed E-state index contributed by atoms with van der Waals surface area (Å²) in [4.78, 5) is 18.0. The molecule has 4 aromatic heterocycles. The Hall–Kier alpha value is -4.12. The summed E-state index contributed by atoms with van der Waals surface area (Å²) >= 11 is 0. The van der Waals surface area contributed by atoms with Gasteiger partial charge < -0.3 is 5.32 Å². The lowest BCUT2D eigenvalue weighted by molar-refractivity contribution is 1.08. The highest BCUT2D eigenvalue weighted by Gasteiger charge is 2.08. The van der Waals surface area contributed by atoms with E-state index in [9.17, 15) is 0 Å². The van der Waals surface area contributed by atoms with Crippen molar-refractivity contribution in [1.82, 2.24) is 19.9 Å². The number of nitrogens with zero attached hydrogens (tertiary/aromatic N) is 4. The predicted octanol–water partition coefficient (Wildman–Crippen LogP) is 5.98. The van der Waals surface area contributed by atoms with Crippen LogP contribution in [0.25, 0.3) is 33.3 Å². The van der Waals surface area contributed by atoms with E-state index in [2.05, 4.69) is 57.5 Å². The van der Waals surface area contributed by atoms with Crippen molar-refractivity contribution in [2.24, 2.45) is 0 Å². The second kappa shape index (κ2) is 8.55. The van der Waals surface area contributed by atoms with Crippen LogP contribution >= 0.6 is 0 Å². The molecule has 0 bridgehead atoms. The van der Waals surface area contributed by atoms with Crippen LogP contribution in [-0.2, 0) is 6.54 Å². The van der Waals surface area contributed by atoms with Gasteiger partial charge in [0, 0.05) is 53.5 Å². The van der Waals surface area contributed by atoms with Crippen LogP contribution in [0.4, 0.5) is 5.82 Å². The molecule has 0 aliphatic heterocycles. The molecule has 0 saturated heterocycles. The number of hydrogen-bond donors (Lipinski definition) is 1. The SMILES string of the molecule is Cc1cc(-c2ncc(CNc3nccc4cc(-c5ccccn5)ccc34)cc2C)ccn1. The molecule has 0 spiro atoms. The minimum atomic E-state index is 0.650. The van der Waals surface area contributed by atoms with E-state index in [0.717, 1.165) is 55.9 Å². The van der Waals surface area contributed by atoms with E-state index >= 15 is 0 Å². The van der Waals surface area contributed by atoms with Crippen molar-refractivity contribution in [2.75, 3.05) is 5.32 Å². The summed E-state index contributed by atoms with van der Waals surface area (Å²) in [5, 5.41) is 5.69. The zero-order valence-electron chi connectivity index (χ0n) is 18.1. The lowest BCUT2D eigenvalue weighted by Gasteiger charge is -2.12. The summed E-state index contributed by atoms with van der Waals surface area (Å²) in [5.74, 6) is 0.863. The third-order valence-corrected chi connectivity index (χ3v) is 5.49. The Kier molecular flexibility index (Phi) is 5.30. The van der Waals surface area contributed by atoms with Gasteiger partial charge in [-0.15, -0.1) is 0 Å². The predicted molar refractivity (Wildman–Crippen MR) is 129 cm³/mol. The number of pyridine rings is 4. The van der Waals surface area contributed by atoms with E-state index in [-0.39, 0.29) is 0 Å². The van der Waals surface area contributed by atoms with Crippen LogP contribution in [0, 0.1) is 13.8 Å². The summed E-state index contributed by atoms with van der Waals surface area (Å²) in [6.07, 6.45) is 7.41. The van der Waals surface area contributed by atoms with Crippen molar-refractivity contribution in [1.29, 1.82) is 0 Å². The molecule has 5 heteroatoms. The third kappa shape index (κ3) is 4.05. The number of aromatic nitrogens is 4. The summed E-state index contributed by atoms with van der Waals surface area (Å²) in [6.45, 7) is 4.74. The van der Waals surface area contributed by atoms with Gasteiger partial charge in [-0.25, -0.2) is 4.98 Å². The highest BCUT2D eigenvalue weighted by Crippen LogP contribution is 2.27. The maximum absolute atomic E-state index is 4.71. The van der Waals surface area contributed by atoms with Gasteiger partial charge in [-0.05, 0) is 72.8 Å². The average Bonchev–Trinajstić information content (AvgIpc) is 2.83. The molecule has 0 amide bonds. The normalized spacial score (nSPS) is 10.9. The molecule has 0 atom stereocenters. The Morgan fingerprint density at radius 2 is 1.66 bits per heavy atom. The average molecular weight is 418 g/mol. The summed E-state index contributed by atoms with van der Waals surface area (Å²) in [5.41, 5.74) is 7.38. The lowest BCUT2D eigenvalue weighted by Crippen LogP contribution is -2.03. The van der Waals surface area contributed by atoms with E-state index in [1.54, 1.807) is 0 Å². The highest BCUT2D eigenvalue weighted by atomic mass is 15.0. The lowest BCUT2D eigenvalue weighted by atomic mass is 10.0. The summed E-state index contributed by atoms with van der Waals surface area (Å²) in [6, 6.07) is 20.6. The van der Waals surface area contributed by atoms with E-state index in [1.165, 1.54) is 0 Å². The monoisotopic (exact) mass is 417 g/mol. The Labute approximate surface area is 187 Å². The molecule has 0 saturated carbocycles. The molecule has 4 heterocycles. The van der Waals surface area contributed by atoms with Crippen molar-refractivity contribution in [3.8, 4) is 22.5 Å². The second-order valence-electron chi connectivity index (χ2n) is 7.86. The standard InChI is InChI=1S/C27H23N5/c1-18-13-20(16-31-26(18)23-9-11-28-19(2)14-23)17-32-27-24-7-6-22(15-21(24)8-12-30-27)25-5-3-4-10-29-25/h3-16H,17H2,1-2H3,(H,30,32). The third-order valence-electron chi connectivity index (χ3n) is 5.49. The topological polar surface area (TPSA) is 63.6 Å². The maximum atomic E-state index is 4.71. The van der Waals surface area contributed by atoms with Crippen LogP contribution in [-0.4, -0.2) is 19.9 Å². The molecule has 0 aliphatic carbocycles. The molecule has 1 aromatic carbocycles. The van der Waals surface area contributed by atoms with Crippen LogP contribution in [0.1, 0.15) is 16.8 Å². The highest BCUT2D eigenvalue weighted by molar-refractivity contribution is 5.94. The van der Waals surface area contributed by atoms with Crippen LogP contribution in [0.3, 0.4) is 0 Å². The first kappa shape index (κ1) is 19.8. The van der Waals surface area contributed by atoms with E-state index < -0.39 is 0 Å². The first-order chi connectivity index (χ1) is 15.7. The number of anilines is 1. The summed E-state index contributed by atoms with van der Waals surface area (Å²) < 4.78 is 0. The quantitative estimate of drug-likeness (QED) is 0.381. The van der Waals surface area contributed by atoms with Gasteiger partial charge in [0.05, 0.1) is 11.4 Å². The Morgan fingerprint density at radius 3 is 2.47 bits per heavy atom. The van der Waals surface area contributed by atoms with Gasteiger partial charge in [0.2, 0.25) is 0 Å². The summed E-state index contributed by atoms with van der Waals surface area (Å²) in [7, 11) is 0. The molecule has 0 unspecified atom stereocenters. The molecule has 0 fully saturated rings. The van der Waals surface area contributed by atoms with E-state index in [4.69, 9.17) is 4.98 Å². The van der Waals surface area contributed by atoms with Gasteiger partial charge in [0.25, 0.3) is 0 Å². The zero-order chi connectivity index (χ0) is 21.9. The smallest absolute Gasteiger partial charge is 0.134 e. The van der Waals surface area contributed by atoms with Crippen LogP contribution < -0.4 is 5.32 Å². The maximum Gasteiger partial charge on any atom is 0.134 e. The van der Waals surface area contributed by atoms with Gasteiger partial charge in [-0.3, -0.25) is 15.0 Å². The number of fused-ring (bicyclic) bond motifs is 1. The molecule has 5 aromatic rings. The fourth-order valence-corrected chi connectivity index (χ4v) is 3.92. The minimum Gasteiger partial charge on any atom is -0.365 e. The first-order valence-corrected chi connectivity index (χ1v) is 10.6. The number of nitrogens with one attached hydrogen (secondary N) is 1. The van der Waals surface area contributed by atoms with E-state index in [1.807, 2.05) is 62.0 Å². The molecule has 0 aliphatic rings. The van der Waals surface area contributed by atoms with Crippen molar-refractivity contribution in [3.05, 3.63) is 102 Å². The fourth-order valence-electron chi connectivity index (χ4n) is 3.92. The number of rotatable bonds is 5. The molecule has 0 radical (unpaired) electrons. The molecule has 1 N–H and O–H groups in total. The van der Waals surface area contributed by atoms with Gasteiger partial charge in [0.1, 0.15) is 5.82 Å². The zero-order valence-corrected chi connectivity index (χ0v) is 18.1. The van der Waals surface area contributed by atoms with Gasteiger partial charge in [-0.2, -0.15) is 0 Å². The van der Waals surface area contributed by atoms with Gasteiger partial charge in [0.15, 0.2) is 0 Å². The van der Waals surface area contributed by atoms with E-state index in [0.29, 0.717) is 6.54 Å². The van der Waals surface area contributed by atoms with Gasteiger partial charge >= 0.3 is 0 Å². The molecular weight excluding hydrogens is 394 g/mol.